The summed E-state index contributed by atoms with van der Waals surface area (Å²) in [5.74, 6) is 0.861. The van der Waals surface area contributed by atoms with E-state index in [2.05, 4.69) is 17.9 Å². The lowest BCUT2D eigenvalue weighted by atomic mass is 9.99. The van der Waals surface area contributed by atoms with Gasteiger partial charge < -0.3 is 9.64 Å². The second-order valence-corrected chi connectivity index (χ2v) is 5.29. The summed E-state index contributed by atoms with van der Waals surface area (Å²) in [5.41, 5.74) is 2.78. The van der Waals surface area contributed by atoms with Gasteiger partial charge in [0.25, 0.3) is 0 Å². The van der Waals surface area contributed by atoms with Crippen LogP contribution in [0.3, 0.4) is 0 Å². The van der Waals surface area contributed by atoms with Gasteiger partial charge in [0.15, 0.2) is 0 Å². The number of anilines is 1. The molecule has 0 aliphatic carbocycles. The maximum atomic E-state index is 11.9. The zero-order chi connectivity index (χ0) is 13.2. The SMILES string of the molecule is CCCc1nc(N2CCCC2)cc2c1C(=O)OCC2. The molecule has 0 spiro atoms. The number of carbonyl (C=O) groups is 1. The average Bonchev–Trinajstić information content (AvgIpc) is 2.92. The van der Waals surface area contributed by atoms with Crippen molar-refractivity contribution in [2.24, 2.45) is 0 Å². The summed E-state index contributed by atoms with van der Waals surface area (Å²) in [7, 11) is 0. The molecule has 2 aliphatic heterocycles. The molecule has 1 saturated heterocycles. The summed E-state index contributed by atoms with van der Waals surface area (Å²) >= 11 is 0. The molecule has 1 aromatic heterocycles. The highest BCUT2D eigenvalue weighted by Crippen LogP contribution is 2.27. The van der Waals surface area contributed by atoms with Gasteiger partial charge in [0.1, 0.15) is 5.82 Å². The summed E-state index contributed by atoms with van der Waals surface area (Å²) in [6.45, 7) is 4.79. The van der Waals surface area contributed by atoms with Gasteiger partial charge in [0.2, 0.25) is 0 Å². The van der Waals surface area contributed by atoms with Gasteiger partial charge in [0.05, 0.1) is 17.9 Å². The molecular weight excluding hydrogens is 240 g/mol. The van der Waals surface area contributed by atoms with Crippen molar-refractivity contribution in [1.82, 2.24) is 4.98 Å². The Labute approximate surface area is 113 Å². The third-order valence-electron chi connectivity index (χ3n) is 3.89. The van der Waals surface area contributed by atoms with Crippen molar-refractivity contribution < 1.29 is 9.53 Å². The van der Waals surface area contributed by atoms with Crippen LogP contribution >= 0.6 is 0 Å². The van der Waals surface area contributed by atoms with Crippen molar-refractivity contribution in [3.8, 4) is 0 Å². The highest BCUT2D eigenvalue weighted by atomic mass is 16.5. The Morgan fingerprint density at radius 2 is 2.16 bits per heavy atom. The molecular formula is C15H20N2O2. The number of carbonyl (C=O) groups excluding carboxylic acids is 1. The predicted octanol–water partition coefficient (Wildman–Crippen LogP) is 2.35. The fourth-order valence-corrected chi connectivity index (χ4v) is 2.94. The van der Waals surface area contributed by atoms with Crippen LogP contribution in [0.5, 0.6) is 0 Å². The molecule has 102 valence electrons. The van der Waals surface area contributed by atoms with Crippen LogP contribution in [0.2, 0.25) is 0 Å². The Bertz CT molecular complexity index is 493. The molecule has 1 aromatic rings. The van der Waals surface area contributed by atoms with E-state index in [-0.39, 0.29) is 5.97 Å². The van der Waals surface area contributed by atoms with Crippen molar-refractivity contribution in [3.63, 3.8) is 0 Å². The molecule has 3 rings (SSSR count). The minimum atomic E-state index is -0.190. The molecule has 19 heavy (non-hydrogen) atoms. The zero-order valence-electron chi connectivity index (χ0n) is 11.4. The van der Waals surface area contributed by atoms with E-state index in [1.165, 1.54) is 12.8 Å². The van der Waals surface area contributed by atoms with Crippen molar-refractivity contribution in [1.29, 1.82) is 0 Å². The van der Waals surface area contributed by atoms with Gasteiger partial charge in [-0.25, -0.2) is 9.78 Å². The largest absolute Gasteiger partial charge is 0.462 e. The molecule has 0 amide bonds. The number of fused-ring (bicyclic) bond motifs is 1. The molecule has 0 atom stereocenters. The molecule has 1 fully saturated rings. The molecule has 0 radical (unpaired) electrons. The van der Waals surface area contributed by atoms with E-state index in [9.17, 15) is 4.79 Å². The van der Waals surface area contributed by atoms with Crippen LogP contribution in [0.15, 0.2) is 6.07 Å². The van der Waals surface area contributed by atoms with Crippen LogP contribution < -0.4 is 4.90 Å². The van der Waals surface area contributed by atoms with Gasteiger partial charge in [-0.15, -0.1) is 0 Å². The van der Waals surface area contributed by atoms with Gasteiger partial charge in [0, 0.05) is 19.5 Å². The minimum Gasteiger partial charge on any atom is -0.462 e. The first-order valence-electron chi connectivity index (χ1n) is 7.24. The highest BCUT2D eigenvalue weighted by Gasteiger charge is 2.25. The smallest absolute Gasteiger partial charge is 0.340 e. The highest BCUT2D eigenvalue weighted by molar-refractivity contribution is 5.93. The summed E-state index contributed by atoms with van der Waals surface area (Å²) in [5, 5.41) is 0. The Morgan fingerprint density at radius 3 is 2.89 bits per heavy atom. The van der Waals surface area contributed by atoms with E-state index in [4.69, 9.17) is 9.72 Å². The molecule has 3 heterocycles. The molecule has 0 saturated carbocycles. The lowest BCUT2D eigenvalue weighted by Crippen LogP contribution is -2.25. The van der Waals surface area contributed by atoms with E-state index < -0.39 is 0 Å². The van der Waals surface area contributed by atoms with Crippen LogP contribution in [0, 0.1) is 0 Å². The van der Waals surface area contributed by atoms with Crippen LogP contribution in [0.4, 0.5) is 5.82 Å². The average molecular weight is 260 g/mol. The Balaban J connectivity index is 2.03. The first-order chi connectivity index (χ1) is 9.29. The molecule has 4 nitrogen and oxygen atoms in total. The number of aryl methyl sites for hydroxylation is 1. The van der Waals surface area contributed by atoms with Crippen LogP contribution in [-0.2, 0) is 17.6 Å². The van der Waals surface area contributed by atoms with Crippen LogP contribution in [0.25, 0.3) is 0 Å². The van der Waals surface area contributed by atoms with Crippen molar-refractivity contribution in [2.75, 3.05) is 24.6 Å². The lowest BCUT2D eigenvalue weighted by Gasteiger charge is -2.23. The van der Waals surface area contributed by atoms with Gasteiger partial charge in [-0.3, -0.25) is 0 Å². The number of hydrogen-bond acceptors (Lipinski definition) is 4. The van der Waals surface area contributed by atoms with Crippen LogP contribution in [0.1, 0.15) is 47.8 Å². The normalized spacial score (nSPS) is 18.4. The minimum absolute atomic E-state index is 0.190. The van der Waals surface area contributed by atoms with Gasteiger partial charge in [-0.2, -0.15) is 0 Å². The Morgan fingerprint density at radius 1 is 1.37 bits per heavy atom. The Kier molecular flexibility index (Phi) is 3.40. The van der Waals surface area contributed by atoms with Gasteiger partial charge in [-0.1, -0.05) is 13.3 Å². The van der Waals surface area contributed by atoms with E-state index in [1.54, 1.807) is 0 Å². The maximum absolute atomic E-state index is 11.9. The summed E-state index contributed by atoms with van der Waals surface area (Å²) in [6.07, 6.45) is 5.14. The van der Waals surface area contributed by atoms with Crippen LogP contribution in [-0.4, -0.2) is 30.6 Å². The van der Waals surface area contributed by atoms with Crippen molar-refractivity contribution >= 4 is 11.8 Å². The summed E-state index contributed by atoms with van der Waals surface area (Å²) < 4.78 is 5.16. The fraction of sp³-hybridized carbons (Fsp3) is 0.600. The molecule has 0 bridgehead atoms. The monoisotopic (exact) mass is 260 g/mol. The zero-order valence-corrected chi connectivity index (χ0v) is 11.4. The number of nitrogens with zero attached hydrogens (tertiary/aromatic N) is 2. The number of aromatic nitrogens is 1. The first-order valence-corrected chi connectivity index (χ1v) is 7.24. The first kappa shape index (κ1) is 12.5. The Hall–Kier alpha value is -1.58. The summed E-state index contributed by atoms with van der Waals surface area (Å²) in [6, 6.07) is 2.10. The molecule has 0 unspecified atom stereocenters. The molecule has 2 aliphatic rings. The maximum Gasteiger partial charge on any atom is 0.340 e. The van der Waals surface area contributed by atoms with E-state index in [0.29, 0.717) is 6.61 Å². The van der Waals surface area contributed by atoms with Gasteiger partial charge >= 0.3 is 5.97 Å². The summed E-state index contributed by atoms with van der Waals surface area (Å²) in [4.78, 5) is 19.0. The number of rotatable bonds is 3. The number of esters is 1. The quantitative estimate of drug-likeness (QED) is 0.782. The topological polar surface area (TPSA) is 42.4 Å². The molecule has 0 N–H and O–H groups in total. The van der Waals surface area contributed by atoms with Gasteiger partial charge in [-0.05, 0) is 30.9 Å². The molecule has 4 heteroatoms. The number of pyridine rings is 1. The van der Waals surface area contributed by atoms with E-state index >= 15 is 0 Å². The number of cyclic esters (lactones) is 1. The lowest BCUT2D eigenvalue weighted by molar-refractivity contribution is 0.0478. The number of ether oxygens (including phenoxy) is 1. The second-order valence-electron chi connectivity index (χ2n) is 5.29. The van der Waals surface area contributed by atoms with Crippen molar-refractivity contribution in [3.05, 3.63) is 22.9 Å². The fourth-order valence-electron chi connectivity index (χ4n) is 2.94. The third-order valence-corrected chi connectivity index (χ3v) is 3.89. The third kappa shape index (κ3) is 2.31. The van der Waals surface area contributed by atoms with Crippen molar-refractivity contribution in [2.45, 2.75) is 39.0 Å². The van der Waals surface area contributed by atoms with E-state index in [1.807, 2.05) is 0 Å². The molecule has 0 aromatic carbocycles. The standard InChI is InChI=1S/C15H20N2O2/c1-2-5-12-14-11(6-9-19-15(14)18)10-13(16-12)17-7-3-4-8-17/h10H,2-9H2,1H3. The number of hydrogen-bond donors (Lipinski definition) is 0. The predicted molar refractivity (Wildman–Crippen MR) is 73.7 cm³/mol. The van der Waals surface area contributed by atoms with E-state index in [0.717, 1.165) is 55.0 Å². The second kappa shape index (κ2) is 5.19.